The Kier molecular flexibility index (Phi) is 3.05. The van der Waals surface area contributed by atoms with Crippen molar-refractivity contribution in [3.05, 3.63) is 65.9 Å². The third-order valence-corrected chi connectivity index (χ3v) is 3.48. The lowest BCUT2D eigenvalue weighted by Gasteiger charge is -2.14. The third-order valence-electron chi connectivity index (χ3n) is 3.48. The molecule has 1 aromatic heterocycles. The highest BCUT2D eigenvalue weighted by atomic mass is 15.3. The molecule has 19 heavy (non-hydrogen) atoms. The van der Waals surface area contributed by atoms with E-state index in [1.165, 1.54) is 10.9 Å². The first-order chi connectivity index (χ1) is 9.31. The summed E-state index contributed by atoms with van der Waals surface area (Å²) < 4.78 is 1.94. The fourth-order valence-corrected chi connectivity index (χ4v) is 2.56. The second-order valence-corrected chi connectivity index (χ2v) is 4.66. The highest BCUT2D eigenvalue weighted by Crippen LogP contribution is 2.27. The topological polar surface area (TPSA) is 29.9 Å². The van der Waals surface area contributed by atoms with Gasteiger partial charge in [0.25, 0.3) is 0 Å². The molecule has 96 valence electrons. The van der Waals surface area contributed by atoms with Gasteiger partial charge in [0.05, 0.1) is 17.3 Å². The predicted octanol–water partition coefficient (Wildman–Crippen LogP) is 2.88. The number of hydrogen-bond donors (Lipinski definition) is 1. The summed E-state index contributed by atoms with van der Waals surface area (Å²) in [4.78, 5) is 0. The summed E-state index contributed by atoms with van der Waals surface area (Å²) in [5, 5.41) is 9.26. The number of aromatic nitrogens is 2. The van der Waals surface area contributed by atoms with Crippen molar-refractivity contribution in [3.8, 4) is 0 Å². The standard InChI is InChI=1S/C16H17N3/c1-17-15(12-8-4-3-5-9-12)16-13-10-6-7-11-14(13)19(2)18-16/h3-11,15,17H,1-2H3. The van der Waals surface area contributed by atoms with Crippen molar-refractivity contribution in [2.24, 2.45) is 7.05 Å². The number of nitrogens with zero attached hydrogens (tertiary/aromatic N) is 2. The third kappa shape index (κ3) is 2.02. The minimum Gasteiger partial charge on any atom is -0.308 e. The zero-order valence-corrected chi connectivity index (χ0v) is 11.2. The van der Waals surface area contributed by atoms with Gasteiger partial charge in [-0.05, 0) is 18.7 Å². The van der Waals surface area contributed by atoms with Gasteiger partial charge in [0.15, 0.2) is 0 Å². The molecule has 0 radical (unpaired) electrons. The van der Waals surface area contributed by atoms with Gasteiger partial charge >= 0.3 is 0 Å². The lowest BCUT2D eigenvalue weighted by Crippen LogP contribution is -2.18. The van der Waals surface area contributed by atoms with Crippen LogP contribution in [0.1, 0.15) is 17.3 Å². The SMILES string of the molecule is CNC(c1ccccc1)c1nn(C)c2ccccc12. The number of para-hydroxylation sites is 1. The van der Waals surface area contributed by atoms with Crippen LogP contribution < -0.4 is 5.32 Å². The molecule has 0 aliphatic heterocycles. The first kappa shape index (κ1) is 11.9. The summed E-state index contributed by atoms with van der Waals surface area (Å²) in [7, 11) is 3.96. The van der Waals surface area contributed by atoms with Crippen molar-refractivity contribution in [2.75, 3.05) is 7.05 Å². The van der Waals surface area contributed by atoms with Crippen LogP contribution in [0, 0.1) is 0 Å². The first-order valence-corrected chi connectivity index (χ1v) is 6.45. The van der Waals surface area contributed by atoms with E-state index >= 15 is 0 Å². The highest BCUT2D eigenvalue weighted by Gasteiger charge is 2.18. The molecule has 1 unspecified atom stereocenters. The molecule has 3 aromatic rings. The van der Waals surface area contributed by atoms with Gasteiger partial charge in [0.2, 0.25) is 0 Å². The molecule has 0 aliphatic rings. The smallest absolute Gasteiger partial charge is 0.0917 e. The van der Waals surface area contributed by atoms with E-state index in [4.69, 9.17) is 5.10 Å². The molecule has 0 saturated heterocycles. The van der Waals surface area contributed by atoms with Crippen LogP contribution in [0.5, 0.6) is 0 Å². The summed E-state index contributed by atoms with van der Waals surface area (Å²) in [5.41, 5.74) is 3.47. The molecule has 0 amide bonds. The van der Waals surface area contributed by atoms with E-state index in [1.54, 1.807) is 0 Å². The Bertz CT molecular complexity index is 686. The van der Waals surface area contributed by atoms with Crippen LogP contribution >= 0.6 is 0 Å². The summed E-state index contributed by atoms with van der Waals surface area (Å²) in [6.45, 7) is 0. The number of fused-ring (bicyclic) bond motifs is 1. The number of hydrogen-bond acceptors (Lipinski definition) is 2. The molecule has 0 aliphatic carbocycles. The summed E-state index contributed by atoms with van der Waals surface area (Å²) in [5.74, 6) is 0. The normalized spacial score (nSPS) is 12.7. The summed E-state index contributed by atoms with van der Waals surface area (Å²) in [6.07, 6.45) is 0. The second kappa shape index (κ2) is 4.86. The van der Waals surface area contributed by atoms with Crippen LogP contribution in [0.4, 0.5) is 0 Å². The fraction of sp³-hybridized carbons (Fsp3) is 0.188. The Balaban J connectivity index is 2.17. The van der Waals surface area contributed by atoms with Crippen LogP contribution in [-0.4, -0.2) is 16.8 Å². The van der Waals surface area contributed by atoms with Crippen molar-refractivity contribution in [1.82, 2.24) is 15.1 Å². The van der Waals surface area contributed by atoms with Crippen LogP contribution in [0.15, 0.2) is 54.6 Å². The zero-order valence-electron chi connectivity index (χ0n) is 11.2. The molecule has 2 aromatic carbocycles. The summed E-state index contributed by atoms with van der Waals surface area (Å²) in [6, 6.07) is 18.9. The fourth-order valence-electron chi connectivity index (χ4n) is 2.56. The first-order valence-electron chi connectivity index (χ1n) is 6.45. The lowest BCUT2D eigenvalue weighted by molar-refractivity contribution is 0.648. The second-order valence-electron chi connectivity index (χ2n) is 4.66. The van der Waals surface area contributed by atoms with Crippen LogP contribution in [0.25, 0.3) is 10.9 Å². The molecule has 1 heterocycles. The van der Waals surface area contributed by atoms with Gasteiger partial charge < -0.3 is 5.32 Å². The molecular weight excluding hydrogens is 234 g/mol. The zero-order chi connectivity index (χ0) is 13.2. The lowest BCUT2D eigenvalue weighted by atomic mass is 10.0. The van der Waals surface area contributed by atoms with Gasteiger partial charge in [-0.15, -0.1) is 0 Å². The quantitative estimate of drug-likeness (QED) is 0.775. The molecule has 0 fully saturated rings. The summed E-state index contributed by atoms with van der Waals surface area (Å²) >= 11 is 0. The van der Waals surface area contributed by atoms with Gasteiger partial charge in [-0.3, -0.25) is 4.68 Å². The van der Waals surface area contributed by atoms with E-state index < -0.39 is 0 Å². The maximum atomic E-state index is 4.69. The van der Waals surface area contributed by atoms with Crippen LogP contribution in [0.2, 0.25) is 0 Å². The number of benzene rings is 2. The Morgan fingerprint density at radius 1 is 1.00 bits per heavy atom. The van der Waals surface area contributed by atoms with Crippen molar-refractivity contribution >= 4 is 10.9 Å². The van der Waals surface area contributed by atoms with E-state index in [0.717, 1.165) is 11.2 Å². The average Bonchev–Trinajstić information content (AvgIpc) is 2.79. The Hall–Kier alpha value is -2.13. The number of rotatable bonds is 3. The van der Waals surface area contributed by atoms with E-state index in [2.05, 4.69) is 47.8 Å². The Morgan fingerprint density at radius 2 is 1.68 bits per heavy atom. The molecule has 1 N–H and O–H groups in total. The molecule has 3 rings (SSSR count). The van der Waals surface area contributed by atoms with Gasteiger partial charge in [0, 0.05) is 12.4 Å². The number of aryl methyl sites for hydroxylation is 1. The van der Waals surface area contributed by atoms with E-state index in [-0.39, 0.29) is 6.04 Å². The maximum Gasteiger partial charge on any atom is 0.0917 e. The van der Waals surface area contributed by atoms with Crippen LogP contribution in [0.3, 0.4) is 0 Å². The van der Waals surface area contributed by atoms with Crippen molar-refractivity contribution in [2.45, 2.75) is 6.04 Å². The minimum absolute atomic E-state index is 0.118. The minimum atomic E-state index is 0.118. The average molecular weight is 251 g/mol. The molecule has 0 spiro atoms. The van der Waals surface area contributed by atoms with Gasteiger partial charge in [-0.2, -0.15) is 5.10 Å². The van der Waals surface area contributed by atoms with E-state index in [0.29, 0.717) is 0 Å². The molecule has 0 saturated carbocycles. The molecule has 0 bridgehead atoms. The Morgan fingerprint density at radius 3 is 2.42 bits per heavy atom. The number of nitrogens with one attached hydrogen (secondary N) is 1. The molecular formula is C16H17N3. The largest absolute Gasteiger partial charge is 0.308 e. The molecule has 1 atom stereocenters. The van der Waals surface area contributed by atoms with Gasteiger partial charge in [-0.25, -0.2) is 0 Å². The van der Waals surface area contributed by atoms with E-state index in [1.807, 2.05) is 30.9 Å². The van der Waals surface area contributed by atoms with Crippen LogP contribution in [-0.2, 0) is 7.05 Å². The van der Waals surface area contributed by atoms with Gasteiger partial charge in [-0.1, -0.05) is 48.5 Å². The van der Waals surface area contributed by atoms with Crippen molar-refractivity contribution in [3.63, 3.8) is 0 Å². The molecule has 3 heteroatoms. The van der Waals surface area contributed by atoms with Crippen molar-refractivity contribution < 1.29 is 0 Å². The predicted molar refractivity (Wildman–Crippen MR) is 78.1 cm³/mol. The Labute approximate surface area is 112 Å². The molecule has 3 nitrogen and oxygen atoms in total. The van der Waals surface area contributed by atoms with Crippen molar-refractivity contribution in [1.29, 1.82) is 0 Å². The maximum absolute atomic E-state index is 4.69. The highest BCUT2D eigenvalue weighted by molar-refractivity contribution is 5.82. The van der Waals surface area contributed by atoms with E-state index in [9.17, 15) is 0 Å². The monoisotopic (exact) mass is 251 g/mol. The van der Waals surface area contributed by atoms with Gasteiger partial charge in [0.1, 0.15) is 0 Å².